The van der Waals surface area contributed by atoms with Crippen molar-refractivity contribution in [3.63, 3.8) is 0 Å². The Hall–Kier alpha value is -3.24. The maximum absolute atomic E-state index is 12.3. The molecular formula is C15H13F3N4O4. The molecule has 0 amide bonds. The zero-order valence-corrected chi connectivity index (χ0v) is 13.9. The fraction of sp³-hybridized carbons (Fsp3) is 0.267. The molecule has 3 rings (SSSR count). The van der Waals surface area contributed by atoms with Gasteiger partial charge in [-0.1, -0.05) is 6.07 Å². The lowest BCUT2D eigenvalue weighted by atomic mass is 10.3. The minimum atomic E-state index is -4.83. The van der Waals surface area contributed by atoms with E-state index < -0.39 is 23.4 Å². The van der Waals surface area contributed by atoms with E-state index in [1.54, 1.807) is 0 Å². The number of rotatable bonds is 3. The normalized spacial score (nSPS) is 11.8. The number of halogens is 3. The Bertz CT molecular complexity index is 1110. The molecule has 0 aliphatic rings. The van der Waals surface area contributed by atoms with Crippen molar-refractivity contribution < 1.29 is 22.6 Å². The number of benzene rings is 1. The summed E-state index contributed by atoms with van der Waals surface area (Å²) in [7, 11) is 4.26. The van der Waals surface area contributed by atoms with Crippen molar-refractivity contribution in [2.45, 2.75) is 6.36 Å². The van der Waals surface area contributed by atoms with Gasteiger partial charge in [0, 0.05) is 27.2 Å². The highest BCUT2D eigenvalue weighted by molar-refractivity contribution is 5.71. The highest BCUT2D eigenvalue weighted by Crippen LogP contribution is 2.29. The highest BCUT2D eigenvalue weighted by atomic mass is 19.4. The Kier molecular flexibility index (Phi) is 4.01. The van der Waals surface area contributed by atoms with E-state index in [2.05, 4.69) is 9.72 Å². The summed E-state index contributed by atoms with van der Waals surface area (Å²) >= 11 is 0. The Balaban J connectivity index is 2.06. The molecule has 0 fully saturated rings. The van der Waals surface area contributed by atoms with Gasteiger partial charge in [0.1, 0.15) is 11.5 Å². The van der Waals surface area contributed by atoms with Crippen LogP contribution in [0.15, 0.2) is 33.9 Å². The van der Waals surface area contributed by atoms with Crippen LogP contribution in [0.3, 0.4) is 0 Å². The summed E-state index contributed by atoms with van der Waals surface area (Å²) in [6.45, 7) is 0. The third-order valence-electron chi connectivity index (χ3n) is 3.68. The summed E-state index contributed by atoms with van der Waals surface area (Å²) in [5, 5.41) is 0. The third-order valence-corrected chi connectivity index (χ3v) is 3.68. The molecule has 0 spiro atoms. The van der Waals surface area contributed by atoms with Crippen molar-refractivity contribution in [1.29, 1.82) is 0 Å². The van der Waals surface area contributed by atoms with E-state index in [4.69, 9.17) is 4.74 Å². The molecular weight excluding hydrogens is 357 g/mol. The van der Waals surface area contributed by atoms with Crippen LogP contribution >= 0.6 is 0 Å². The van der Waals surface area contributed by atoms with Gasteiger partial charge >= 0.3 is 18.1 Å². The molecule has 11 heteroatoms. The molecule has 0 aliphatic heterocycles. The standard InChI is InChI=1S/C15H13F3N4O4/c1-20-10-11(21(2)14(24)22(3)12(10)23)19-13(20)25-8-5-4-6-9(7-8)26-15(16,17)18/h4-7H,1-3H3. The van der Waals surface area contributed by atoms with E-state index in [9.17, 15) is 22.8 Å². The SMILES string of the molecule is Cn1c(=O)c2c(nc(Oc3cccc(OC(F)(F)F)c3)n2C)n(C)c1=O. The lowest BCUT2D eigenvalue weighted by Gasteiger charge is -2.10. The van der Waals surface area contributed by atoms with Gasteiger partial charge in [-0.2, -0.15) is 4.98 Å². The lowest BCUT2D eigenvalue weighted by molar-refractivity contribution is -0.274. The fourth-order valence-electron chi connectivity index (χ4n) is 2.43. The molecule has 2 heterocycles. The van der Waals surface area contributed by atoms with Crippen LogP contribution in [-0.4, -0.2) is 25.0 Å². The van der Waals surface area contributed by atoms with Gasteiger partial charge in [-0.3, -0.25) is 18.5 Å². The molecule has 0 N–H and O–H groups in total. The van der Waals surface area contributed by atoms with Gasteiger partial charge in [-0.25, -0.2) is 4.79 Å². The zero-order chi connectivity index (χ0) is 19.2. The second kappa shape index (κ2) is 5.93. The second-order valence-electron chi connectivity index (χ2n) is 5.46. The molecule has 3 aromatic rings. The molecule has 8 nitrogen and oxygen atoms in total. The number of fused-ring (bicyclic) bond motifs is 1. The molecule has 1 aromatic carbocycles. The summed E-state index contributed by atoms with van der Waals surface area (Å²) in [5.41, 5.74) is -0.916. The van der Waals surface area contributed by atoms with Crippen molar-refractivity contribution in [3.8, 4) is 17.5 Å². The minimum Gasteiger partial charge on any atom is -0.425 e. The van der Waals surface area contributed by atoms with Gasteiger partial charge in [-0.15, -0.1) is 13.2 Å². The van der Waals surface area contributed by atoms with Crippen LogP contribution in [0.25, 0.3) is 11.2 Å². The largest absolute Gasteiger partial charge is 0.573 e. The van der Waals surface area contributed by atoms with Gasteiger partial charge in [0.2, 0.25) is 0 Å². The molecule has 138 valence electrons. The average molecular weight is 370 g/mol. The van der Waals surface area contributed by atoms with Gasteiger partial charge in [0.15, 0.2) is 11.2 Å². The first-order valence-corrected chi connectivity index (χ1v) is 7.24. The Morgan fingerprint density at radius 3 is 2.31 bits per heavy atom. The number of nitrogens with zero attached hydrogens (tertiary/aromatic N) is 4. The highest BCUT2D eigenvalue weighted by Gasteiger charge is 2.31. The number of ether oxygens (including phenoxy) is 2. The van der Waals surface area contributed by atoms with Gasteiger partial charge in [0.05, 0.1) is 0 Å². The zero-order valence-electron chi connectivity index (χ0n) is 13.9. The summed E-state index contributed by atoms with van der Waals surface area (Å²) in [6, 6.07) is 4.80. The maximum Gasteiger partial charge on any atom is 0.573 e. The van der Waals surface area contributed by atoms with Crippen LogP contribution in [0.5, 0.6) is 17.5 Å². The quantitative estimate of drug-likeness (QED) is 0.701. The topological polar surface area (TPSA) is 80.3 Å². The number of imidazole rings is 1. The first kappa shape index (κ1) is 17.6. The number of aromatic nitrogens is 4. The molecule has 0 atom stereocenters. The van der Waals surface area contributed by atoms with E-state index in [0.717, 1.165) is 16.7 Å². The van der Waals surface area contributed by atoms with E-state index in [0.29, 0.717) is 0 Å². The van der Waals surface area contributed by atoms with Crippen molar-refractivity contribution in [3.05, 3.63) is 45.1 Å². The Morgan fingerprint density at radius 2 is 1.65 bits per heavy atom. The van der Waals surface area contributed by atoms with Crippen LogP contribution in [0.4, 0.5) is 13.2 Å². The van der Waals surface area contributed by atoms with Crippen LogP contribution in [0.2, 0.25) is 0 Å². The lowest BCUT2D eigenvalue weighted by Crippen LogP contribution is -2.37. The minimum absolute atomic E-state index is 0.0204. The summed E-state index contributed by atoms with van der Waals surface area (Å²) < 4.78 is 49.7. The molecule has 2 aromatic heterocycles. The third kappa shape index (κ3) is 3.03. The predicted molar refractivity (Wildman–Crippen MR) is 84.4 cm³/mol. The van der Waals surface area contributed by atoms with E-state index in [1.807, 2.05) is 0 Å². The van der Waals surface area contributed by atoms with E-state index in [1.165, 1.54) is 42.4 Å². The first-order valence-electron chi connectivity index (χ1n) is 7.24. The van der Waals surface area contributed by atoms with Gasteiger partial charge in [-0.05, 0) is 12.1 Å². The van der Waals surface area contributed by atoms with Crippen LogP contribution in [-0.2, 0) is 21.1 Å². The van der Waals surface area contributed by atoms with Crippen LogP contribution in [0, 0.1) is 0 Å². The number of hydrogen-bond donors (Lipinski definition) is 0. The molecule has 0 aliphatic carbocycles. The van der Waals surface area contributed by atoms with Crippen molar-refractivity contribution in [2.75, 3.05) is 0 Å². The number of aryl methyl sites for hydroxylation is 2. The molecule has 0 radical (unpaired) electrons. The Labute approximate surface area is 143 Å². The average Bonchev–Trinajstić information content (AvgIpc) is 2.86. The van der Waals surface area contributed by atoms with Crippen molar-refractivity contribution >= 4 is 11.2 Å². The molecule has 0 unspecified atom stereocenters. The van der Waals surface area contributed by atoms with E-state index in [-0.39, 0.29) is 22.9 Å². The molecule has 0 saturated carbocycles. The predicted octanol–water partition coefficient (Wildman–Crippen LogP) is 1.66. The van der Waals surface area contributed by atoms with Gasteiger partial charge in [0.25, 0.3) is 5.56 Å². The van der Waals surface area contributed by atoms with Crippen molar-refractivity contribution in [2.24, 2.45) is 21.1 Å². The first-order chi connectivity index (χ1) is 12.1. The summed E-state index contributed by atoms with van der Waals surface area (Å²) in [6.07, 6.45) is -4.83. The fourth-order valence-corrected chi connectivity index (χ4v) is 2.43. The Morgan fingerprint density at radius 1 is 1.00 bits per heavy atom. The van der Waals surface area contributed by atoms with Gasteiger partial charge < -0.3 is 9.47 Å². The van der Waals surface area contributed by atoms with Crippen LogP contribution < -0.4 is 20.7 Å². The summed E-state index contributed by atoms with van der Waals surface area (Å²) in [5.74, 6) is -0.441. The molecule has 0 saturated heterocycles. The van der Waals surface area contributed by atoms with Crippen molar-refractivity contribution in [1.82, 2.24) is 18.7 Å². The smallest absolute Gasteiger partial charge is 0.425 e. The summed E-state index contributed by atoms with van der Waals surface area (Å²) in [4.78, 5) is 28.4. The maximum atomic E-state index is 12.3. The molecule has 0 bridgehead atoms. The van der Waals surface area contributed by atoms with E-state index >= 15 is 0 Å². The number of hydrogen-bond acceptors (Lipinski definition) is 5. The molecule has 26 heavy (non-hydrogen) atoms. The number of alkyl halides is 3. The van der Waals surface area contributed by atoms with Crippen LogP contribution in [0.1, 0.15) is 0 Å². The second-order valence-corrected chi connectivity index (χ2v) is 5.46. The monoisotopic (exact) mass is 370 g/mol.